The van der Waals surface area contributed by atoms with Gasteiger partial charge in [-0.25, -0.2) is 0 Å². The van der Waals surface area contributed by atoms with Gasteiger partial charge in [0.1, 0.15) is 11.6 Å². The molecule has 18 heavy (non-hydrogen) atoms. The van der Waals surface area contributed by atoms with Crippen LogP contribution in [0.3, 0.4) is 0 Å². The monoisotopic (exact) mass is 250 g/mol. The average Bonchev–Trinajstić information content (AvgIpc) is 2.34. The highest BCUT2D eigenvalue weighted by Gasteiger charge is 2.35. The fraction of sp³-hybridized carbons (Fsp3) is 0.875. The summed E-state index contributed by atoms with van der Waals surface area (Å²) >= 11 is 0. The number of carbonyl (C=O) groups excluding carboxylic acids is 2. The summed E-state index contributed by atoms with van der Waals surface area (Å²) in [4.78, 5) is 22.8. The van der Waals surface area contributed by atoms with E-state index in [0.29, 0.717) is 17.5 Å². The number of hydrogen-bond acceptors (Lipinski definition) is 2. The van der Waals surface area contributed by atoms with Crippen molar-refractivity contribution in [2.45, 2.75) is 65.2 Å². The van der Waals surface area contributed by atoms with Crippen molar-refractivity contribution in [2.75, 3.05) is 0 Å². The van der Waals surface area contributed by atoms with E-state index >= 15 is 0 Å². The Morgan fingerprint density at radius 3 is 1.39 bits per heavy atom. The van der Waals surface area contributed by atoms with Crippen LogP contribution in [0.5, 0.6) is 0 Å². The van der Waals surface area contributed by atoms with Gasteiger partial charge in [-0.05, 0) is 49.4 Å². The highest BCUT2D eigenvalue weighted by Crippen LogP contribution is 2.42. The summed E-state index contributed by atoms with van der Waals surface area (Å²) in [5, 5.41) is 0. The first kappa shape index (κ1) is 13.8. The summed E-state index contributed by atoms with van der Waals surface area (Å²) in [6.45, 7) is 4.63. The molecule has 0 aromatic heterocycles. The second kappa shape index (κ2) is 5.99. The Labute approximate surface area is 111 Å². The molecule has 0 spiro atoms. The predicted molar refractivity (Wildman–Crippen MR) is 72.3 cm³/mol. The zero-order valence-electron chi connectivity index (χ0n) is 11.8. The van der Waals surface area contributed by atoms with E-state index in [-0.39, 0.29) is 0 Å². The molecule has 0 radical (unpaired) electrons. The molecule has 2 saturated carbocycles. The van der Waals surface area contributed by atoms with Gasteiger partial charge in [-0.3, -0.25) is 9.59 Å². The van der Waals surface area contributed by atoms with E-state index in [2.05, 4.69) is 13.8 Å². The fourth-order valence-corrected chi connectivity index (χ4v) is 4.17. The molecule has 2 rings (SSSR count). The number of hydrogen-bond donors (Lipinski definition) is 0. The molecule has 0 aromatic rings. The van der Waals surface area contributed by atoms with Gasteiger partial charge in [0.05, 0.1) is 0 Å². The third-order valence-electron chi connectivity index (χ3n) is 5.03. The Bertz CT molecular complexity index is 271. The number of ketones is 2. The van der Waals surface area contributed by atoms with Gasteiger partial charge in [-0.1, -0.05) is 13.8 Å². The standard InChI is InChI=1S/C16H26O2/c1-11(2)16(12-3-7-14(17)8-4-12)13-5-9-15(18)10-6-13/h11-13,16H,3-10H2,1-2H3. The molecule has 102 valence electrons. The Kier molecular flexibility index (Phi) is 4.58. The van der Waals surface area contributed by atoms with Crippen LogP contribution in [-0.4, -0.2) is 11.6 Å². The summed E-state index contributed by atoms with van der Waals surface area (Å²) in [6.07, 6.45) is 7.52. The fourth-order valence-electron chi connectivity index (χ4n) is 4.17. The lowest BCUT2D eigenvalue weighted by atomic mass is 9.65. The first-order valence-corrected chi connectivity index (χ1v) is 7.61. The molecule has 0 N–H and O–H groups in total. The van der Waals surface area contributed by atoms with Crippen molar-refractivity contribution in [1.82, 2.24) is 0 Å². The van der Waals surface area contributed by atoms with Gasteiger partial charge in [-0.15, -0.1) is 0 Å². The van der Waals surface area contributed by atoms with Crippen molar-refractivity contribution in [3.63, 3.8) is 0 Å². The predicted octanol–water partition coefficient (Wildman–Crippen LogP) is 3.78. The zero-order chi connectivity index (χ0) is 13.1. The van der Waals surface area contributed by atoms with Crippen molar-refractivity contribution in [2.24, 2.45) is 23.7 Å². The lowest BCUT2D eigenvalue weighted by Gasteiger charge is -2.39. The van der Waals surface area contributed by atoms with Crippen LogP contribution in [0.4, 0.5) is 0 Å². The third-order valence-corrected chi connectivity index (χ3v) is 5.03. The normalized spacial score (nSPS) is 24.2. The van der Waals surface area contributed by atoms with Crippen LogP contribution in [0.1, 0.15) is 65.2 Å². The Balaban J connectivity index is 1.99. The lowest BCUT2D eigenvalue weighted by molar-refractivity contribution is -0.122. The first-order chi connectivity index (χ1) is 8.58. The minimum absolute atomic E-state index is 0.451. The van der Waals surface area contributed by atoms with Crippen LogP contribution in [0.15, 0.2) is 0 Å². The van der Waals surface area contributed by atoms with E-state index < -0.39 is 0 Å². The molecule has 0 amide bonds. The SMILES string of the molecule is CC(C)C(C1CCC(=O)CC1)C1CCC(=O)CC1. The van der Waals surface area contributed by atoms with Crippen LogP contribution in [0.25, 0.3) is 0 Å². The zero-order valence-corrected chi connectivity index (χ0v) is 11.8. The summed E-state index contributed by atoms with van der Waals surface area (Å²) in [5.74, 6) is 3.76. The quantitative estimate of drug-likeness (QED) is 0.764. The second-order valence-electron chi connectivity index (χ2n) is 6.57. The molecule has 0 saturated heterocycles. The van der Waals surface area contributed by atoms with Gasteiger partial charge in [0.15, 0.2) is 0 Å². The summed E-state index contributed by atoms with van der Waals surface area (Å²) in [7, 11) is 0. The van der Waals surface area contributed by atoms with Crippen LogP contribution in [0, 0.1) is 23.7 Å². The first-order valence-electron chi connectivity index (χ1n) is 7.61. The maximum atomic E-state index is 11.4. The minimum atomic E-state index is 0.451. The molecule has 2 aliphatic rings. The molecule has 0 bridgehead atoms. The molecule has 2 nitrogen and oxygen atoms in total. The molecule has 2 fully saturated rings. The smallest absolute Gasteiger partial charge is 0.132 e. The van der Waals surface area contributed by atoms with Gasteiger partial charge < -0.3 is 0 Å². The number of carbonyl (C=O) groups is 2. The highest BCUT2D eigenvalue weighted by molar-refractivity contribution is 5.79. The second-order valence-corrected chi connectivity index (χ2v) is 6.57. The van der Waals surface area contributed by atoms with Gasteiger partial charge in [-0.2, -0.15) is 0 Å². The summed E-state index contributed by atoms with van der Waals surface area (Å²) in [5.41, 5.74) is 0. The van der Waals surface area contributed by atoms with Crippen molar-refractivity contribution in [1.29, 1.82) is 0 Å². The van der Waals surface area contributed by atoms with Crippen molar-refractivity contribution in [3.05, 3.63) is 0 Å². The Hall–Kier alpha value is -0.660. The maximum absolute atomic E-state index is 11.4. The number of Topliss-reactive ketones (excluding diaryl/α,β-unsaturated/α-hetero) is 2. The van der Waals surface area contributed by atoms with Gasteiger partial charge in [0.25, 0.3) is 0 Å². The highest BCUT2D eigenvalue weighted by atomic mass is 16.1. The summed E-state index contributed by atoms with van der Waals surface area (Å²) < 4.78 is 0. The number of rotatable bonds is 3. The van der Waals surface area contributed by atoms with E-state index in [1.54, 1.807) is 0 Å². The van der Waals surface area contributed by atoms with E-state index in [1.165, 1.54) is 0 Å². The topological polar surface area (TPSA) is 34.1 Å². The van der Waals surface area contributed by atoms with E-state index in [0.717, 1.165) is 69.1 Å². The Morgan fingerprint density at radius 2 is 1.11 bits per heavy atom. The van der Waals surface area contributed by atoms with Crippen molar-refractivity contribution >= 4 is 11.6 Å². The molecule has 0 aliphatic heterocycles. The molecule has 0 aromatic carbocycles. The lowest BCUT2D eigenvalue weighted by Crippen LogP contribution is -2.33. The molecular formula is C16H26O2. The van der Waals surface area contributed by atoms with Crippen molar-refractivity contribution in [3.8, 4) is 0 Å². The average molecular weight is 250 g/mol. The largest absolute Gasteiger partial charge is 0.300 e. The molecule has 2 aliphatic carbocycles. The summed E-state index contributed by atoms with van der Waals surface area (Å²) in [6, 6.07) is 0. The minimum Gasteiger partial charge on any atom is -0.300 e. The Morgan fingerprint density at radius 1 is 0.778 bits per heavy atom. The van der Waals surface area contributed by atoms with Crippen LogP contribution in [-0.2, 0) is 9.59 Å². The van der Waals surface area contributed by atoms with Gasteiger partial charge >= 0.3 is 0 Å². The van der Waals surface area contributed by atoms with Crippen LogP contribution < -0.4 is 0 Å². The van der Waals surface area contributed by atoms with E-state index in [1.807, 2.05) is 0 Å². The van der Waals surface area contributed by atoms with Crippen LogP contribution >= 0.6 is 0 Å². The van der Waals surface area contributed by atoms with Crippen molar-refractivity contribution < 1.29 is 9.59 Å². The molecule has 0 atom stereocenters. The van der Waals surface area contributed by atoms with Gasteiger partial charge in [0, 0.05) is 25.7 Å². The van der Waals surface area contributed by atoms with E-state index in [9.17, 15) is 9.59 Å². The molecule has 0 heterocycles. The molecule has 0 unspecified atom stereocenters. The van der Waals surface area contributed by atoms with Gasteiger partial charge in [0.2, 0.25) is 0 Å². The molecular weight excluding hydrogens is 224 g/mol. The molecule has 2 heteroatoms. The van der Waals surface area contributed by atoms with E-state index in [4.69, 9.17) is 0 Å². The third kappa shape index (κ3) is 3.21. The van der Waals surface area contributed by atoms with Crippen LogP contribution in [0.2, 0.25) is 0 Å². The maximum Gasteiger partial charge on any atom is 0.132 e.